The summed E-state index contributed by atoms with van der Waals surface area (Å²) in [5.74, 6) is 1.11. The van der Waals surface area contributed by atoms with Gasteiger partial charge in [-0.15, -0.1) is 11.8 Å². The third-order valence-corrected chi connectivity index (χ3v) is 5.17. The van der Waals surface area contributed by atoms with Gasteiger partial charge in [-0.25, -0.2) is 0 Å². The Bertz CT molecular complexity index is 382. The fourth-order valence-corrected chi connectivity index (χ4v) is 3.99. The Morgan fingerprint density at radius 1 is 1.53 bits per heavy atom. The summed E-state index contributed by atoms with van der Waals surface area (Å²) in [5, 5.41) is 3.42. The molecule has 0 saturated carbocycles. The van der Waals surface area contributed by atoms with Gasteiger partial charge in [0.15, 0.2) is 0 Å². The van der Waals surface area contributed by atoms with Gasteiger partial charge in [-0.2, -0.15) is 0 Å². The number of nitrogens with one attached hydrogen (secondary N) is 1. The molecule has 106 valence electrons. The van der Waals surface area contributed by atoms with Crippen molar-refractivity contribution in [2.45, 2.75) is 42.7 Å². The van der Waals surface area contributed by atoms with Crippen LogP contribution in [0.3, 0.4) is 0 Å². The van der Waals surface area contributed by atoms with E-state index in [4.69, 9.17) is 4.74 Å². The van der Waals surface area contributed by atoms with Crippen LogP contribution in [0.2, 0.25) is 0 Å². The second kappa shape index (κ2) is 8.30. The lowest BCUT2D eigenvalue weighted by Gasteiger charge is -2.18. The van der Waals surface area contributed by atoms with Crippen molar-refractivity contribution in [3.8, 4) is 0 Å². The van der Waals surface area contributed by atoms with Gasteiger partial charge in [0, 0.05) is 27.8 Å². The molecule has 0 aromatic heterocycles. The maximum atomic E-state index is 5.69. The molecule has 1 aromatic rings. The summed E-state index contributed by atoms with van der Waals surface area (Å²) < 4.78 is 6.84. The lowest BCUT2D eigenvalue weighted by atomic mass is 10.1. The second-order valence-corrected chi connectivity index (χ2v) is 6.98. The van der Waals surface area contributed by atoms with E-state index >= 15 is 0 Å². The maximum Gasteiger partial charge on any atom is 0.0576 e. The molecule has 0 bridgehead atoms. The van der Waals surface area contributed by atoms with E-state index in [9.17, 15) is 0 Å². The number of ether oxygens (including phenoxy) is 1. The molecule has 0 radical (unpaired) electrons. The summed E-state index contributed by atoms with van der Waals surface area (Å²) in [6.07, 6.45) is 5.37. The highest BCUT2D eigenvalue weighted by atomic mass is 79.9. The van der Waals surface area contributed by atoms with E-state index in [2.05, 4.69) is 52.6 Å². The Morgan fingerprint density at radius 3 is 3.11 bits per heavy atom. The van der Waals surface area contributed by atoms with Crippen LogP contribution in [0.1, 0.15) is 25.7 Å². The first-order valence-corrected chi connectivity index (χ1v) is 8.73. The first kappa shape index (κ1) is 15.4. The van der Waals surface area contributed by atoms with Crippen molar-refractivity contribution in [2.24, 2.45) is 0 Å². The van der Waals surface area contributed by atoms with Crippen molar-refractivity contribution < 1.29 is 4.74 Å². The minimum absolute atomic E-state index is 0.506. The Labute approximate surface area is 128 Å². The molecule has 1 heterocycles. The van der Waals surface area contributed by atoms with Crippen LogP contribution < -0.4 is 5.32 Å². The standard InChI is InChI=1S/C15H22BrNOS/c1-17-13(7-8-14-5-3-9-18-14)11-19-15-6-2-4-12(16)10-15/h2,4,6,10,13-14,17H,3,5,7-9,11H2,1H3. The molecule has 1 aliphatic heterocycles. The number of hydrogen-bond donors (Lipinski definition) is 1. The van der Waals surface area contributed by atoms with Crippen LogP contribution in [0.25, 0.3) is 0 Å². The van der Waals surface area contributed by atoms with Gasteiger partial charge in [0.25, 0.3) is 0 Å². The molecule has 0 amide bonds. The van der Waals surface area contributed by atoms with Gasteiger partial charge in [-0.1, -0.05) is 22.0 Å². The normalized spacial score (nSPS) is 20.6. The molecule has 1 aliphatic rings. The largest absolute Gasteiger partial charge is 0.378 e. The zero-order valence-corrected chi connectivity index (χ0v) is 13.8. The topological polar surface area (TPSA) is 21.3 Å². The maximum absolute atomic E-state index is 5.69. The van der Waals surface area contributed by atoms with Crippen LogP contribution in [0.15, 0.2) is 33.6 Å². The fourth-order valence-electron chi connectivity index (χ4n) is 2.32. The van der Waals surface area contributed by atoms with Crippen LogP contribution >= 0.6 is 27.7 Å². The molecule has 0 aliphatic carbocycles. The van der Waals surface area contributed by atoms with Crippen molar-refractivity contribution in [2.75, 3.05) is 19.4 Å². The molecular formula is C15H22BrNOS. The predicted molar refractivity (Wildman–Crippen MR) is 85.9 cm³/mol. The Kier molecular flexibility index (Phi) is 6.71. The first-order valence-electron chi connectivity index (χ1n) is 6.95. The fraction of sp³-hybridized carbons (Fsp3) is 0.600. The highest BCUT2D eigenvalue weighted by Crippen LogP contribution is 2.24. The summed E-state index contributed by atoms with van der Waals surface area (Å²) >= 11 is 5.43. The van der Waals surface area contributed by atoms with Gasteiger partial charge in [0.05, 0.1) is 6.10 Å². The molecule has 0 spiro atoms. The second-order valence-electron chi connectivity index (χ2n) is 4.97. The van der Waals surface area contributed by atoms with Crippen molar-refractivity contribution in [1.82, 2.24) is 5.32 Å². The summed E-state index contributed by atoms with van der Waals surface area (Å²) in [6.45, 7) is 0.960. The van der Waals surface area contributed by atoms with Crippen LogP contribution in [-0.4, -0.2) is 31.6 Å². The van der Waals surface area contributed by atoms with E-state index < -0.39 is 0 Å². The molecule has 19 heavy (non-hydrogen) atoms. The van der Waals surface area contributed by atoms with Gasteiger partial charge >= 0.3 is 0 Å². The number of hydrogen-bond acceptors (Lipinski definition) is 3. The van der Waals surface area contributed by atoms with E-state index in [0.29, 0.717) is 12.1 Å². The molecule has 2 atom stereocenters. The summed E-state index contributed by atoms with van der Waals surface area (Å²) in [5.41, 5.74) is 0. The molecule has 2 unspecified atom stereocenters. The van der Waals surface area contributed by atoms with Crippen LogP contribution in [0.5, 0.6) is 0 Å². The summed E-state index contributed by atoms with van der Waals surface area (Å²) in [7, 11) is 2.06. The smallest absolute Gasteiger partial charge is 0.0576 e. The van der Waals surface area contributed by atoms with Gasteiger partial charge in [0.1, 0.15) is 0 Å². The van der Waals surface area contributed by atoms with E-state index in [0.717, 1.165) is 16.8 Å². The molecule has 1 N–H and O–H groups in total. The van der Waals surface area contributed by atoms with Crippen molar-refractivity contribution in [3.05, 3.63) is 28.7 Å². The number of halogens is 1. The third-order valence-electron chi connectivity index (χ3n) is 3.52. The highest BCUT2D eigenvalue weighted by Gasteiger charge is 2.17. The molecule has 4 heteroatoms. The average molecular weight is 344 g/mol. The molecular weight excluding hydrogens is 322 g/mol. The lowest BCUT2D eigenvalue weighted by Crippen LogP contribution is -2.28. The first-order chi connectivity index (χ1) is 9.28. The summed E-state index contributed by atoms with van der Waals surface area (Å²) in [4.78, 5) is 1.33. The number of rotatable bonds is 7. The van der Waals surface area contributed by atoms with Crippen molar-refractivity contribution in [3.63, 3.8) is 0 Å². The number of benzene rings is 1. The van der Waals surface area contributed by atoms with E-state index in [-0.39, 0.29) is 0 Å². The van der Waals surface area contributed by atoms with Gasteiger partial charge in [-0.3, -0.25) is 0 Å². The van der Waals surface area contributed by atoms with Gasteiger partial charge in [-0.05, 0) is 50.9 Å². The van der Waals surface area contributed by atoms with Crippen molar-refractivity contribution >= 4 is 27.7 Å². The lowest BCUT2D eigenvalue weighted by molar-refractivity contribution is 0.100. The number of thioether (sulfide) groups is 1. The van der Waals surface area contributed by atoms with Crippen LogP contribution in [-0.2, 0) is 4.74 Å². The van der Waals surface area contributed by atoms with Crippen LogP contribution in [0.4, 0.5) is 0 Å². The third kappa shape index (κ3) is 5.46. The minimum Gasteiger partial charge on any atom is -0.378 e. The molecule has 2 nitrogen and oxygen atoms in total. The van der Waals surface area contributed by atoms with E-state index in [1.807, 2.05) is 11.8 Å². The molecule has 1 aromatic carbocycles. The molecule has 1 saturated heterocycles. The average Bonchev–Trinajstić information content (AvgIpc) is 2.92. The van der Waals surface area contributed by atoms with Gasteiger partial charge in [0.2, 0.25) is 0 Å². The Balaban J connectivity index is 1.72. The monoisotopic (exact) mass is 343 g/mol. The van der Waals surface area contributed by atoms with Crippen LogP contribution in [0, 0.1) is 0 Å². The quantitative estimate of drug-likeness (QED) is 0.753. The zero-order valence-electron chi connectivity index (χ0n) is 11.4. The summed E-state index contributed by atoms with van der Waals surface area (Å²) in [6, 6.07) is 9.07. The molecule has 2 rings (SSSR count). The molecule has 1 fully saturated rings. The SMILES string of the molecule is CNC(CCC1CCCO1)CSc1cccc(Br)c1. The highest BCUT2D eigenvalue weighted by molar-refractivity contribution is 9.10. The Hall–Kier alpha value is -0.0300. The van der Waals surface area contributed by atoms with E-state index in [1.165, 1.54) is 30.6 Å². The predicted octanol–water partition coefficient (Wildman–Crippen LogP) is 4.09. The van der Waals surface area contributed by atoms with Gasteiger partial charge < -0.3 is 10.1 Å². The van der Waals surface area contributed by atoms with Crippen molar-refractivity contribution in [1.29, 1.82) is 0 Å². The zero-order chi connectivity index (χ0) is 13.5. The minimum atomic E-state index is 0.506. The van der Waals surface area contributed by atoms with E-state index in [1.54, 1.807) is 0 Å². The Morgan fingerprint density at radius 2 is 2.42 bits per heavy atom.